The van der Waals surface area contributed by atoms with Gasteiger partial charge in [-0.25, -0.2) is 9.18 Å². The van der Waals surface area contributed by atoms with E-state index in [-0.39, 0.29) is 18.8 Å². The number of carbonyl (C=O) groups is 2. The first-order valence-corrected chi connectivity index (χ1v) is 9.23. The van der Waals surface area contributed by atoms with Crippen molar-refractivity contribution in [3.63, 3.8) is 0 Å². The number of amides is 3. The average molecular weight is 396 g/mol. The quantitative estimate of drug-likeness (QED) is 0.544. The number of halogens is 1. The van der Waals surface area contributed by atoms with Gasteiger partial charge in [0, 0.05) is 29.1 Å². The number of benzene rings is 2. The second-order valence-corrected chi connectivity index (χ2v) is 7.32. The minimum atomic E-state index is -1.90. The molecule has 2 unspecified atom stereocenters. The Morgan fingerprint density at radius 1 is 1.24 bits per heavy atom. The molecular weight excluding hydrogens is 375 g/mol. The number of nitrogens with one attached hydrogen (secondary N) is 2. The Labute approximate surface area is 166 Å². The highest BCUT2D eigenvalue weighted by Gasteiger charge is 2.49. The summed E-state index contributed by atoms with van der Waals surface area (Å²) in [6.45, 7) is -0.709. The number of hydrogen-bond donors (Lipinski definition) is 4. The first kappa shape index (κ1) is 18.9. The summed E-state index contributed by atoms with van der Waals surface area (Å²) >= 11 is 0. The Balaban J connectivity index is 1.52. The van der Waals surface area contributed by atoms with Crippen molar-refractivity contribution in [1.82, 2.24) is 9.88 Å². The molecule has 0 saturated carbocycles. The van der Waals surface area contributed by atoms with E-state index in [1.165, 1.54) is 4.90 Å². The van der Waals surface area contributed by atoms with E-state index in [2.05, 4.69) is 10.3 Å². The number of H-pyrrole nitrogens is 1. The molecule has 150 valence electrons. The van der Waals surface area contributed by atoms with Gasteiger partial charge in [-0.15, -0.1) is 0 Å². The molecule has 0 bridgehead atoms. The minimum absolute atomic E-state index is 0.158. The monoisotopic (exact) mass is 396 g/mol. The molecule has 2 heterocycles. The molecule has 0 radical (unpaired) electrons. The van der Waals surface area contributed by atoms with Gasteiger partial charge >= 0.3 is 6.03 Å². The second kappa shape index (κ2) is 7.21. The Morgan fingerprint density at radius 2 is 2.00 bits per heavy atom. The zero-order valence-electron chi connectivity index (χ0n) is 15.6. The van der Waals surface area contributed by atoms with Crippen molar-refractivity contribution in [3.05, 3.63) is 65.9 Å². The molecule has 0 spiro atoms. The number of primary amides is 1. The van der Waals surface area contributed by atoms with Gasteiger partial charge in [-0.1, -0.05) is 30.3 Å². The van der Waals surface area contributed by atoms with Crippen molar-refractivity contribution in [2.75, 3.05) is 25.0 Å². The van der Waals surface area contributed by atoms with Crippen LogP contribution in [0.1, 0.15) is 22.0 Å². The third kappa shape index (κ3) is 3.54. The number of nitrogens with two attached hydrogens (primary N) is 1. The molecule has 1 aliphatic heterocycles. The number of aliphatic hydroxyl groups excluding tert-OH is 1. The number of aromatic nitrogens is 1. The van der Waals surface area contributed by atoms with Crippen LogP contribution in [0.25, 0.3) is 10.9 Å². The molecule has 1 fully saturated rings. The van der Waals surface area contributed by atoms with Crippen molar-refractivity contribution in [2.24, 2.45) is 5.73 Å². The van der Waals surface area contributed by atoms with E-state index >= 15 is 4.39 Å². The van der Waals surface area contributed by atoms with Crippen LogP contribution in [0.15, 0.2) is 54.6 Å². The van der Waals surface area contributed by atoms with E-state index < -0.39 is 30.1 Å². The summed E-state index contributed by atoms with van der Waals surface area (Å²) in [6, 6.07) is 15.3. The summed E-state index contributed by atoms with van der Waals surface area (Å²) in [5.41, 5.74) is 5.61. The summed E-state index contributed by atoms with van der Waals surface area (Å²) in [6.07, 6.45) is 0. The van der Waals surface area contributed by atoms with Crippen LogP contribution < -0.4 is 11.1 Å². The smallest absolute Gasteiger partial charge is 0.321 e. The number of carbonyl (C=O) groups excluding carboxylic acids is 2. The summed E-state index contributed by atoms with van der Waals surface area (Å²) < 4.78 is 15.3. The minimum Gasteiger partial charge on any atom is -0.393 e. The van der Waals surface area contributed by atoms with Gasteiger partial charge in [0.1, 0.15) is 5.69 Å². The molecule has 0 aliphatic carbocycles. The molecule has 1 aromatic heterocycles. The van der Waals surface area contributed by atoms with Gasteiger partial charge in [0.15, 0.2) is 5.67 Å². The molecule has 7 nitrogen and oxygen atoms in total. The number of hydrogen-bond acceptors (Lipinski definition) is 3. The maximum atomic E-state index is 15.3. The van der Waals surface area contributed by atoms with Crippen LogP contribution in [0.4, 0.5) is 14.9 Å². The van der Waals surface area contributed by atoms with Gasteiger partial charge in [-0.05, 0) is 29.8 Å². The Bertz CT molecular complexity index is 1070. The van der Waals surface area contributed by atoms with Gasteiger partial charge in [0.2, 0.25) is 0 Å². The molecule has 4 rings (SSSR count). The number of rotatable bonds is 4. The van der Waals surface area contributed by atoms with Crippen LogP contribution in [0.5, 0.6) is 0 Å². The normalized spacial score (nSPS) is 21.4. The van der Waals surface area contributed by atoms with E-state index in [0.29, 0.717) is 11.2 Å². The molecule has 29 heavy (non-hydrogen) atoms. The molecule has 1 aliphatic rings. The zero-order valence-corrected chi connectivity index (χ0v) is 15.6. The molecule has 1 saturated heterocycles. The van der Waals surface area contributed by atoms with Crippen LogP contribution in [0, 0.1) is 0 Å². The summed E-state index contributed by atoms with van der Waals surface area (Å²) in [5.74, 6) is -1.18. The average Bonchev–Trinajstić information content (AvgIpc) is 3.30. The predicted molar refractivity (Wildman–Crippen MR) is 108 cm³/mol. The fourth-order valence-electron chi connectivity index (χ4n) is 3.83. The molecule has 3 aromatic rings. The lowest BCUT2D eigenvalue weighted by atomic mass is 9.87. The number of nitrogens with zero attached hydrogens (tertiary/aromatic N) is 1. The highest BCUT2D eigenvalue weighted by Crippen LogP contribution is 2.39. The van der Waals surface area contributed by atoms with Crippen molar-refractivity contribution >= 4 is 28.5 Å². The van der Waals surface area contributed by atoms with Gasteiger partial charge in [0.25, 0.3) is 5.91 Å². The number of urea groups is 1. The van der Waals surface area contributed by atoms with Crippen LogP contribution in [-0.2, 0) is 0 Å². The summed E-state index contributed by atoms with van der Waals surface area (Å²) in [5, 5.41) is 13.1. The van der Waals surface area contributed by atoms with Gasteiger partial charge in [-0.3, -0.25) is 4.79 Å². The number of fused-ring (bicyclic) bond motifs is 1. The standard InChI is InChI=1S/C21H21FN4O3/c22-21(12-27)11-26(10-16(21)13-4-2-1-3-5-13)20(29)24-15-6-7-17-14(8-15)9-18(25-17)19(23)28/h1-9,16,25,27H,10-12H2,(H2,23,28)(H,24,29). The number of aromatic amines is 1. The molecular formula is C21H21FN4O3. The largest absolute Gasteiger partial charge is 0.393 e. The Kier molecular flexibility index (Phi) is 4.71. The molecule has 2 aromatic carbocycles. The number of anilines is 1. The lowest BCUT2D eigenvalue weighted by Crippen LogP contribution is -2.38. The van der Waals surface area contributed by atoms with Crippen LogP contribution in [-0.4, -0.2) is 52.3 Å². The molecule has 5 N–H and O–H groups in total. The van der Waals surface area contributed by atoms with Crippen LogP contribution in [0.3, 0.4) is 0 Å². The van der Waals surface area contributed by atoms with Crippen molar-refractivity contribution in [2.45, 2.75) is 11.6 Å². The van der Waals surface area contributed by atoms with Gasteiger partial charge in [-0.2, -0.15) is 0 Å². The topological polar surface area (TPSA) is 111 Å². The first-order chi connectivity index (χ1) is 13.9. The molecule has 2 atom stereocenters. The van der Waals surface area contributed by atoms with Crippen molar-refractivity contribution in [1.29, 1.82) is 0 Å². The predicted octanol–water partition coefficient (Wildman–Crippen LogP) is 2.60. The second-order valence-electron chi connectivity index (χ2n) is 7.32. The highest BCUT2D eigenvalue weighted by molar-refractivity contribution is 5.99. The first-order valence-electron chi connectivity index (χ1n) is 9.23. The van der Waals surface area contributed by atoms with E-state index in [4.69, 9.17) is 5.73 Å². The highest BCUT2D eigenvalue weighted by atomic mass is 19.1. The molecule has 3 amide bonds. The van der Waals surface area contributed by atoms with E-state index in [1.54, 1.807) is 36.4 Å². The lowest BCUT2D eigenvalue weighted by Gasteiger charge is -2.23. The SMILES string of the molecule is NC(=O)c1cc2cc(NC(=O)N3CC(c4ccccc4)C(F)(CO)C3)ccc2[nH]1. The fourth-order valence-corrected chi connectivity index (χ4v) is 3.83. The van der Waals surface area contributed by atoms with E-state index in [0.717, 1.165) is 10.9 Å². The zero-order chi connectivity index (χ0) is 20.6. The molecule has 8 heteroatoms. The summed E-state index contributed by atoms with van der Waals surface area (Å²) in [4.78, 5) is 28.3. The lowest BCUT2D eigenvalue weighted by molar-refractivity contribution is 0.0680. The third-order valence-corrected chi connectivity index (χ3v) is 5.37. The number of likely N-dealkylation sites (tertiary alicyclic amines) is 1. The van der Waals surface area contributed by atoms with Crippen LogP contribution in [0.2, 0.25) is 0 Å². The van der Waals surface area contributed by atoms with Gasteiger partial charge < -0.3 is 26.0 Å². The van der Waals surface area contributed by atoms with Crippen molar-refractivity contribution < 1.29 is 19.1 Å². The van der Waals surface area contributed by atoms with Gasteiger partial charge in [0.05, 0.1) is 13.2 Å². The van der Waals surface area contributed by atoms with Crippen molar-refractivity contribution in [3.8, 4) is 0 Å². The maximum absolute atomic E-state index is 15.3. The number of alkyl halides is 1. The van der Waals surface area contributed by atoms with E-state index in [1.807, 2.05) is 18.2 Å². The Hall–Kier alpha value is -3.39. The summed E-state index contributed by atoms with van der Waals surface area (Å²) in [7, 11) is 0. The Morgan fingerprint density at radius 3 is 2.69 bits per heavy atom. The fraction of sp³-hybridized carbons (Fsp3) is 0.238. The third-order valence-electron chi connectivity index (χ3n) is 5.37. The van der Waals surface area contributed by atoms with Crippen LogP contribution >= 0.6 is 0 Å². The maximum Gasteiger partial charge on any atom is 0.321 e. The number of aliphatic hydroxyl groups is 1. The van der Waals surface area contributed by atoms with E-state index in [9.17, 15) is 14.7 Å².